The molecule has 12 amide bonds. The first kappa shape index (κ1) is 70.4. The number of carbonyl (C=O) groups excluding carboxylic acids is 12. The number of nitrogens with two attached hydrogens (primary N) is 2. The second kappa shape index (κ2) is 31.8. The quantitative estimate of drug-likeness (QED) is 0.0448. The summed E-state index contributed by atoms with van der Waals surface area (Å²) in [7, 11) is 1.45. The smallest absolute Gasteiger partial charge is 0.248 e. The van der Waals surface area contributed by atoms with Gasteiger partial charge in [-0.3, -0.25) is 62.4 Å². The summed E-state index contributed by atoms with van der Waals surface area (Å²) in [5, 5.41) is 47.0. The van der Waals surface area contributed by atoms with Crippen molar-refractivity contribution in [1.82, 2.24) is 51.6 Å². The van der Waals surface area contributed by atoms with Crippen LogP contribution in [-0.2, 0) is 80.9 Å². The third kappa shape index (κ3) is 17.3. The van der Waals surface area contributed by atoms with Crippen molar-refractivity contribution >= 4 is 105 Å². The SMILES string of the molecule is CCC(=O)N[C@H](C(=O)NCC(=O)N[C@H]1C[S+]([O-])c2[nH]c3c(CSC4CCN(C(=O)C5CCC(CN6C(=O)CCC6=O)CC5)CC4)c(OC)ccc3c2C[C@@H](C(N)=O)NC(=O)[C@H]([C@@H](C)[C@@H](O)CO)NC(=O)[C@@H]2C[C@@H](O)CN2C(=O)[C@H](CC(N)=O)NC1=O)[C@@H](C)CC. The Morgan fingerprint density at radius 3 is 2.19 bits per heavy atom. The number of hydrogen-bond acceptors (Lipinski definition) is 18. The number of likely N-dealkylation sites (tertiary alicyclic amines) is 2. The molecule has 1 unspecified atom stereocenters. The van der Waals surface area contributed by atoms with Crippen LogP contribution in [0.15, 0.2) is 17.2 Å². The van der Waals surface area contributed by atoms with Crippen LogP contribution in [0, 0.1) is 23.7 Å². The fraction of sp³-hybridized carbons (Fsp3) is 0.661. The molecule has 1 aromatic heterocycles. The summed E-state index contributed by atoms with van der Waals surface area (Å²) in [6.07, 6.45) is 0.223. The van der Waals surface area contributed by atoms with Crippen molar-refractivity contribution in [2.75, 3.05) is 52.2 Å². The van der Waals surface area contributed by atoms with Crippen molar-refractivity contribution < 1.29 is 82.1 Å². The van der Waals surface area contributed by atoms with Gasteiger partial charge in [0.15, 0.2) is 6.04 Å². The molecule has 3 saturated heterocycles. The van der Waals surface area contributed by atoms with Crippen molar-refractivity contribution in [1.29, 1.82) is 0 Å². The molecule has 2 aromatic rings. The summed E-state index contributed by atoms with van der Waals surface area (Å²) in [4.78, 5) is 170. The van der Waals surface area contributed by atoms with Gasteiger partial charge in [0.2, 0.25) is 75.9 Å². The Morgan fingerprint density at radius 1 is 0.900 bits per heavy atom. The van der Waals surface area contributed by atoms with E-state index in [2.05, 4.69) is 36.9 Å². The number of methoxy groups -OCH3 is 1. The maximum absolute atomic E-state index is 15.4. The lowest BCUT2D eigenvalue weighted by atomic mass is 9.81. The number of primary amides is 2. The zero-order valence-electron chi connectivity index (χ0n) is 51.4. The molecule has 90 heavy (non-hydrogen) atoms. The molecule has 1 saturated carbocycles. The predicted octanol–water partition coefficient (Wildman–Crippen LogP) is -2.67. The van der Waals surface area contributed by atoms with E-state index in [-0.39, 0.29) is 76.3 Å². The summed E-state index contributed by atoms with van der Waals surface area (Å²) in [5.74, 6) is -10.9. The fourth-order valence-corrected chi connectivity index (χ4v) is 14.9. The number of amides is 12. The van der Waals surface area contributed by atoms with Gasteiger partial charge in [-0.05, 0) is 62.5 Å². The summed E-state index contributed by atoms with van der Waals surface area (Å²) < 4.78 is 21.3. The number of aromatic amines is 1. The van der Waals surface area contributed by atoms with Crippen LogP contribution in [0.1, 0.15) is 116 Å². The molecule has 29 nitrogen and oxygen atoms in total. The second-order valence-corrected chi connectivity index (χ2v) is 26.8. The average Bonchev–Trinajstić information content (AvgIpc) is 1.82. The third-order valence-corrected chi connectivity index (χ3v) is 20.8. The van der Waals surface area contributed by atoms with Crippen molar-refractivity contribution in [3.8, 4) is 5.75 Å². The molecule has 7 rings (SSSR count). The van der Waals surface area contributed by atoms with Gasteiger partial charge in [0.1, 0.15) is 41.7 Å². The molecular formula is C59H86N12O17S2. The topological polar surface area (TPSA) is 448 Å². The highest BCUT2D eigenvalue weighted by molar-refractivity contribution is 7.99. The molecule has 0 spiro atoms. The Morgan fingerprint density at radius 2 is 1.58 bits per heavy atom. The van der Waals surface area contributed by atoms with Crippen LogP contribution >= 0.6 is 11.8 Å². The molecule has 14 N–H and O–H groups in total. The predicted molar refractivity (Wildman–Crippen MR) is 326 cm³/mol. The van der Waals surface area contributed by atoms with E-state index in [9.17, 15) is 72.9 Å². The molecule has 1 aromatic carbocycles. The van der Waals surface area contributed by atoms with Gasteiger partial charge in [-0.25, -0.2) is 0 Å². The van der Waals surface area contributed by atoms with E-state index < -0.39 is 163 Å². The van der Waals surface area contributed by atoms with Crippen LogP contribution < -0.4 is 48.1 Å². The lowest BCUT2D eigenvalue weighted by molar-refractivity contribution is -0.144. The monoisotopic (exact) mass is 1300 g/mol. The molecule has 1 aliphatic carbocycles. The molecule has 0 bridgehead atoms. The van der Waals surface area contributed by atoms with E-state index >= 15 is 4.55 Å². The number of aromatic nitrogens is 1. The maximum atomic E-state index is 15.4. The molecule has 496 valence electrons. The van der Waals surface area contributed by atoms with Crippen LogP contribution in [0.2, 0.25) is 0 Å². The number of aliphatic hydroxyl groups excluding tert-OH is 3. The molecule has 0 radical (unpaired) electrons. The minimum atomic E-state index is -2.46. The third-order valence-electron chi connectivity index (χ3n) is 17.9. The molecule has 31 heteroatoms. The molecule has 5 aliphatic rings. The Bertz CT molecular complexity index is 3010. The number of hydrogen-bond donors (Lipinski definition) is 12. The Balaban J connectivity index is 1.22. The second-order valence-electron chi connectivity index (χ2n) is 24.1. The lowest BCUT2D eigenvalue weighted by Crippen LogP contribution is -2.61. The Hall–Kier alpha value is -7.06. The van der Waals surface area contributed by atoms with Crippen LogP contribution in [0.4, 0.5) is 0 Å². The number of nitrogens with one attached hydrogen (secondary N) is 7. The van der Waals surface area contributed by atoms with Crippen molar-refractivity contribution in [3.63, 3.8) is 0 Å². The molecule has 11 atom stereocenters. The molecule has 5 heterocycles. The van der Waals surface area contributed by atoms with E-state index in [0.29, 0.717) is 74.0 Å². The standard InChI is InChI=1S/C59H86N12O17S2/c1-6-29(3)49(66-45(76)7-2)55(83)62-23-46(77)63-40-28-90(87)57-36(21-38(52(61)80)64-56(84)50(30(4)42(74)26-72)67-54(82)41-20-33(73)25-70(41)59(86)39(22-44(60)75)65-53(40)81)35-12-13-43(88-5)37(51(35)68-57)27-89-34-16-18-69(19-17-34)58(85)32-10-8-31(9-11-32)24-71-47(78)14-15-48(71)79/h12-13,29-34,38-42,49-50,68,72-74H,6-11,14-28H2,1-5H3,(H2,60,75)(H2,61,80)(H,62,83)(H,63,77)(H,64,84)(H,65,81)(H,66,76)(H,67,82)/t29-,30-,31?,32?,33+,38-,39-,40-,41-,42-,49-,50-,90?/m0/s1. The molecule has 4 fully saturated rings. The normalized spacial score (nSPS) is 26.4. The van der Waals surface area contributed by atoms with E-state index in [1.165, 1.54) is 18.9 Å². The summed E-state index contributed by atoms with van der Waals surface area (Å²) >= 11 is -0.885. The van der Waals surface area contributed by atoms with Crippen molar-refractivity contribution in [2.45, 2.75) is 176 Å². The number of fused-ring (bicyclic) bond motifs is 4. The summed E-state index contributed by atoms with van der Waals surface area (Å²) in [5.41, 5.74) is 12.7. The van der Waals surface area contributed by atoms with Gasteiger partial charge >= 0.3 is 0 Å². The number of H-pyrrole nitrogens is 1. The number of carbonyl (C=O) groups is 12. The van der Waals surface area contributed by atoms with Crippen molar-refractivity contribution in [3.05, 3.63) is 23.3 Å². The van der Waals surface area contributed by atoms with Gasteiger partial charge in [0, 0.05) is 109 Å². The number of thioether (sulfide) groups is 1. The number of ether oxygens (including phenoxy) is 1. The first-order chi connectivity index (χ1) is 42.8. The lowest BCUT2D eigenvalue weighted by Gasteiger charge is -2.36. The highest BCUT2D eigenvalue weighted by Gasteiger charge is 2.46. The fourth-order valence-electron chi connectivity index (χ4n) is 12.3. The van der Waals surface area contributed by atoms with Crippen LogP contribution in [0.25, 0.3) is 10.9 Å². The number of aliphatic hydroxyl groups is 3. The minimum absolute atomic E-state index is 0.0457. The summed E-state index contributed by atoms with van der Waals surface area (Å²) in [6.45, 7) is 5.61. The first-order valence-electron chi connectivity index (χ1n) is 30.7. The number of nitrogens with zero attached hydrogens (tertiary/aromatic N) is 3. The van der Waals surface area contributed by atoms with Gasteiger partial charge in [-0.15, -0.1) is 0 Å². The minimum Gasteiger partial charge on any atom is -0.610 e. The van der Waals surface area contributed by atoms with Gasteiger partial charge in [0.05, 0.1) is 44.4 Å². The zero-order chi connectivity index (χ0) is 65.8. The molecule has 4 aliphatic heterocycles. The van der Waals surface area contributed by atoms with Gasteiger partial charge in [0.25, 0.3) is 0 Å². The van der Waals surface area contributed by atoms with Gasteiger partial charge in [-0.2, -0.15) is 11.8 Å². The maximum Gasteiger partial charge on any atom is 0.248 e. The van der Waals surface area contributed by atoms with E-state index in [1.54, 1.807) is 44.7 Å². The van der Waals surface area contributed by atoms with E-state index in [4.69, 9.17) is 16.2 Å². The average molecular weight is 1300 g/mol. The highest BCUT2D eigenvalue weighted by atomic mass is 32.2. The number of piperidine rings is 1. The van der Waals surface area contributed by atoms with E-state index in [0.717, 1.165) is 17.7 Å². The van der Waals surface area contributed by atoms with Crippen LogP contribution in [0.3, 0.4) is 0 Å². The first-order valence-corrected chi connectivity index (χ1v) is 33.1. The molecular weight excluding hydrogens is 1210 g/mol. The number of rotatable bonds is 21. The summed E-state index contributed by atoms with van der Waals surface area (Å²) in [6, 6.07) is -6.62. The van der Waals surface area contributed by atoms with Crippen LogP contribution in [-0.4, -0.2) is 216 Å². The number of benzene rings is 1. The zero-order valence-corrected chi connectivity index (χ0v) is 53.0. The van der Waals surface area contributed by atoms with Gasteiger partial charge in [-0.1, -0.05) is 34.1 Å². The Kier molecular flexibility index (Phi) is 24.9. The highest BCUT2D eigenvalue weighted by Crippen LogP contribution is 2.39. The van der Waals surface area contributed by atoms with Gasteiger partial charge < -0.3 is 82.8 Å². The Labute approximate surface area is 528 Å². The largest absolute Gasteiger partial charge is 0.610 e. The van der Waals surface area contributed by atoms with Crippen LogP contribution in [0.5, 0.6) is 5.75 Å². The number of imide groups is 1. The van der Waals surface area contributed by atoms with E-state index in [1.807, 2.05) is 4.90 Å². The van der Waals surface area contributed by atoms with Crippen molar-refractivity contribution in [2.24, 2.45) is 35.1 Å².